The minimum Gasteiger partial charge on any atom is -0.368 e. The first-order chi connectivity index (χ1) is 14.6. The van der Waals surface area contributed by atoms with Crippen LogP contribution >= 0.6 is 11.8 Å². The maximum Gasteiger partial charge on any atom is 0.230 e. The summed E-state index contributed by atoms with van der Waals surface area (Å²) in [6.45, 7) is 4.68. The molecule has 0 fully saturated rings. The van der Waals surface area contributed by atoms with Gasteiger partial charge in [0.25, 0.3) is 0 Å². The Morgan fingerprint density at radius 3 is 2.07 bits per heavy atom. The highest BCUT2D eigenvalue weighted by Crippen LogP contribution is 2.26. The Morgan fingerprint density at radius 2 is 1.47 bits per heavy atom. The van der Waals surface area contributed by atoms with Crippen LogP contribution in [-0.4, -0.2) is 24.0 Å². The Labute approximate surface area is 183 Å². The molecular formula is C26H29NO2S. The van der Waals surface area contributed by atoms with Gasteiger partial charge in [0.2, 0.25) is 5.91 Å². The molecule has 4 heteroatoms. The molecule has 0 saturated carbocycles. The summed E-state index contributed by atoms with van der Waals surface area (Å²) in [4.78, 5) is 12.3. The predicted octanol–water partition coefficient (Wildman–Crippen LogP) is 5.71. The Kier molecular flexibility index (Phi) is 8.54. The third-order valence-electron chi connectivity index (χ3n) is 4.98. The van der Waals surface area contributed by atoms with Crippen molar-refractivity contribution in [1.29, 1.82) is 0 Å². The van der Waals surface area contributed by atoms with Gasteiger partial charge in [-0.3, -0.25) is 4.79 Å². The van der Waals surface area contributed by atoms with Crippen molar-refractivity contribution in [3.8, 4) is 0 Å². The summed E-state index contributed by atoms with van der Waals surface area (Å²) >= 11 is 1.60. The molecule has 0 aliphatic rings. The number of aryl methyl sites for hydroxylation is 1. The van der Waals surface area contributed by atoms with Gasteiger partial charge < -0.3 is 10.1 Å². The minimum absolute atomic E-state index is 0.0103. The first-order valence-corrected chi connectivity index (χ1v) is 11.4. The van der Waals surface area contributed by atoms with Gasteiger partial charge in [-0.1, -0.05) is 84.9 Å². The van der Waals surface area contributed by atoms with Gasteiger partial charge >= 0.3 is 0 Å². The number of rotatable bonds is 10. The number of hydrogen-bond donors (Lipinski definition) is 1. The van der Waals surface area contributed by atoms with E-state index in [4.69, 9.17) is 4.74 Å². The summed E-state index contributed by atoms with van der Waals surface area (Å²) < 4.78 is 6.21. The second kappa shape index (κ2) is 11.6. The van der Waals surface area contributed by atoms with E-state index in [1.54, 1.807) is 11.8 Å². The molecule has 0 radical (unpaired) electrons. The van der Waals surface area contributed by atoms with Crippen LogP contribution in [0.25, 0.3) is 0 Å². The number of nitrogens with one attached hydrogen (secondary N) is 1. The zero-order valence-corrected chi connectivity index (χ0v) is 18.4. The second-order valence-corrected chi connectivity index (χ2v) is 8.38. The Balaban J connectivity index is 1.45. The molecule has 1 unspecified atom stereocenters. The monoisotopic (exact) mass is 419 g/mol. The number of amides is 1. The fourth-order valence-electron chi connectivity index (χ4n) is 3.46. The molecule has 3 nitrogen and oxygen atoms in total. The van der Waals surface area contributed by atoms with Crippen LogP contribution in [0, 0.1) is 6.92 Å². The van der Waals surface area contributed by atoms with Crippen molar-refractivity contribution in [1.82, 2.24) is 5.32 Å². The molecule has 0 heterocycles. The van der Waals surface area contributed by atoms with E-state index in [1.165, 1.54) is 5.56 Å². The highest BCUT2D eigenvalue weighted by atomic mass is 32.2. The number of carbonyl (C=O) groups is 1. The van der Waals surface area contributed by atoms with E-state index in [-0.39, 0.29) is 18.1 Å². The molecule has 0 aromatic heterocycles. The topological polar surface area (TPSA) is 38.3 Å². The smallest absolute Gasteiger partial charge is 0.230 e. The van der Waals surface area contributed by atoms with Gasteiger partial charge in [0.05, 0.1) is 18.4 Å². The van der Waals surface area contributed by atoms with Crippen LogP contribution in [0.2, 0.25) is 0 Å². The van der Waals surface area contributed by atoms with Crippen molar-refractivity contribution in [3.63, 3.8) is 0 Å². The van der Waals surface area contributed by atoms with E-state index in [1.807, 2.05) is 55.5 Å². The first-order valence-electron chi connectivity index (χ1n) is 10.3. The average Bonchev–Trinajstić information content (AvgIpc) is 2.77. The van der Waals surface area contributed by atoms with Crippen molar-refractivity contribution < 1.29 is 9.53 Å². The Morgan fingerprint density at radius 1 is 0.900 bits per heavy atom. The zero-order chi connectivity index (χ0) is 21.2. The molecule has 0 bridgehead atoms. The molecule has 3 rings (SSSR count). The second-order valence-electron chi connectivity index (χ2n) is 7.27. The minimum atomic E-state index is -0.0945. The number of ether oxygens (including phenoxy) is 1. The number of benzene rings is 3. The van der Waals surface area contributed by atoms with Gasteiger partial charge in [-0.05, 0) is 36.1 Å². The fourth-order valence-corrected chi connectivity index (χ4v) is 4.09. The Hall–Kier alpha value is -2.56. The molecule has 3 aromatic carbocycles. The quantitative estimate of drug-likeness (QED) is 0.428. The molecule has 0 spiro atoms. The molecule has 30 heavy (non-hydrogen) atoms. The number of carbonyl (C=O) groups excluding carboxylic acids is 1. The summed E-state index contributed by atoms with van der Waals surface area (Å²) in [5.74, 6) is 1.25. The van der Waals surface area contributed by atoms with Gasteiger partial charge in [0.1, 0.15) is 6.10 Å². The maximum absolute atomic E-state index is 12.3. The van der Waals surface area contributed by atoms with E-state index in [2.05, 4.69) is 48.6 Å². The zero-order valence-electron chi connectivity index (χ0n) is 17.6. The van der Waals surface area contributed by atoms with Gasteiger partial charge in [-0.2, -0.15) is 0 Å². The van der Waals surface area contributed by atoms with E-state index >= 15 is 0 Å². The van der Waals surface area contributed by atoms with Crippen molar-refractivity contribution >= 4 is 17.7 Å². The molecule has 0 saturated heterocycles. The van der Waals surface area contributed by atoms with Crippen LogP contribution in [0.5, 0.6) is 0 Å². The summed E-state index contributed by atoms with van der Waals surface area (Å²) in [6, 6.07) is 28.7. The lowest BCUT2D eigenvalue weighted by atomic mass is 10.0. The maximum atomic E-state index is 12.3. The van der Waals surface area contributed by atoms with E-state index < -0.39 is 0 Å². The summed E-state index contributed by atoms with van der Waals surface area (Å²) in [5, 5.41) is 3.09. The summed E-state index contributed by atoms with van der Waals surface area (Å²) in [6.07, 6.45) is -0.0945. The first kappa shape index (κ1) is 22.1. The van der Waals surface area contributed by atoms with Crippen LogP contribution in [-0.2, 0) is 9.53 Å². The highest BCUT2D eigenvalue weighted by Gasteiger charge is 2.15. The van der Waals surface area contributed by atoms with E-state index in [0.717, 1.165) is 22.4 Å². The van der Waals surface area contributed by atoms with Crippen molar-refractivity contribution in [2.75, 3.05) is 18.1 Å². The third-order valence-corrected chi connectivity index (χ3v) is 5.90. The van der Waals surface area contributed by atoms with Crippen LogP contribution < -0.4 is 5.32 Å². The molecule has 1 atom stereocenters. The molecule has 0 aliphatic carbocycles. The molecule has 0 aliphatic heterocycles. The Bertz CT molecular complexity index is 875. The SMILES string of the molecule is Cc1ccccc1C(C)NC(=O)CSCCOC(c1ccccc1)c1ccccc1. The predicted molar refractivity (Wildman–Crippen MR) is 126 cm³/mol. The van der Waals surface area contributed by atoms with Crippen molar-refractivity contribution in [2.24, 2.45) is 0 Å². The number of hydrogen-bond acceptors (Lipinski definition) is 3. The molecule has 1 N–H and O–H groups in total. The van der Waals surface area contributed by atoms with E-state index in [9.17, 15) is 4.79 Å². The average molecular weight is 420 g/mol. The van der Waals surface area contributed by atoms with Crippen LogP contribution in [0.15, 0.2) is 84.9 Å². The van der Waals surface area contributed by atoms with Crippen LogP contribution in [0.4, 0.5) is 0 Å². The summed E-state index contributed by atoms with van der Waals surface area (Å²) in [7, 11) is 0. The van der Waals surface area contributed by atoms with Gasteiger partial charge in [0, 0.05) is 5.75 Å². The molecule has 156 valence electrons. The van der Waals surface area contributed by atoms with Crippen LogP contribution in [0.3, 0.4) is 0 Å². The lowest BCUT2D eigenvalue weighted by Crippen LogP contribution is -2.28. The van der Waals surface area contributed by atoms with Crippen LogP contribution in [0.1, 0.15) is 41.3 Å². The van der Waals surface area contributed by atoms with Gasteiger partial charge in [0.15, 0.2) is 0 Å². The lowest BCUT2D eigenvalue weighted by molar-refractivity contribution is -0.119. The third kappa shape index (κ3) is 6.48. The molecular weight excluding hydrogens is 390 g/mol. The largest absolute Gasteiger partial charge is 0.368 e. The van der Waals surface area contributed by atoms with E-state index in [0.29, 0.717) is 12.4 Å². The molecule has 3 aromatic rings. The fraction of sp³-hybridized carbons (Fsp3) is 0.269. The standard InChI is InChI=1S/C26H29NO2S/c1-20-11-9-10-16-24(20)21(2)27-25(28)19-30-18-17-29-26(22-12-5-3-6-13-22)23-14-7-4-8-15-23/h3-16,21,26H,17-19H2,1-2H3,(H,27,28). The highest BCUT2D eigenvalue weighted by molar-refractivity contribution is 7.99. The lowest BCUT2D eigenvalue weighted by Gasteiger charge is -2.19. The number of thioether (sulfide) groups is 1. The van der Waals surface area contributed by atoms with Crippen molar-refractivity contribution in [3.05, 3.63) is 107 Å². The van der Waals surface area contributed by atoms with Crippen molar-refractivity contribution in [2.45, 2.75) is 26.0 Å². The van der Waals surface area contributed by atoms with Gasteiger partial charge in [-0.15, -0.1) is 11.8 Å². The normalized spacial score (nSPS) is 12.0. The van der Waals surface area contributed by atoms with Gasteiger partial charge in [-0.25, -0.2) is 0 Å². The summed E-state index contributed by atoms with van der Waals surface area (Å²) in [5.41, 5.74) is 4.63. The molecule has 1 amide bonds.